The number of methoxy groups -OCH3 is 1. The molecule has 26 heavy (non-hydrogen) atoms. The first-order valence-corrected chi connectivity index (χ1v) is 9.49. The van der Waals surface area contributed by atoms with Crippen LogP contribution in [-0.4, -0.2) is 37.6 Å². The van der Waals surface area contributed by atoms with Crippen LogP contribution in [0.2, 0.25) is 0 Å². The lowest BCUT2D eigenvalue weighted by Gasteiger charge is -2.41. The highest BCUT2D eigenvalue weighted by molar-refractivity contribution is 6.00. The number of para-hydroxylation sites is 1. The number of fused-ring (bicyclic) bond motifs is 1. The summed E-state index contributed by atoms with van der Waals surface area (Å²) in [6.45, 7) is 2.37. The molecule has 0 spiro atoms. The molecule has 1 N–H and O–H groups in total. The quantitative estimate of drug-likeness (QED) is 0.915. The van der Waals surface area contributed by atoms with Crippen molar-refractivity contribution in [3.63, 3.8) is 0 Å². The molecule has 0 radical (unpaired) electrons. The van der Waals surface area contributed by atoms with E-state index in [0.717, 1.165) is 43.5 Å². The van der Waals surface area contributed by atoms with Gasteiger partial charge in [0.05, 0.1) is 16.9 Å². The molecule has 4 nitrogen and oxygen atoms in total. The number of carbonyl (C=O) groups is 1. The summed E-state index contributed by atoms with van der Waals surface area (Å²) >= 11 is 0. The first-order chi connectivity index (χ1) is 12.7. The van der Waals surface area contributed by atoms with E-state index in [0.29, 0.717) is 13.1 Å². The fraction of sp³-hybridized carbons (Fsp3) is 0.409. The predicted octanol–water partition coefficient (Wildman–Crippen LogP) is 3.82. The van der Waals surface area contributed by atoms with E-state index in [1.807, 2.05) is 23.1 Å². The van der Waals surface area contributed by atoms with Gasteiger partial charge in [0.1, 0.15) is 0 Å². The molecule has 1 fully saturated rings. The van der Waals surface area contributed by atoms with Crippen LogP contribution in [0.3, 0.4) is 0 Å². The largest absolute Gasteiger partial charge is 0.384 e. The second-order valence-electron chi connectivity index (χ2n) is 7.23. The van der Waals surface area contributed by atoms with Crippen LogP contribution in [0, 0.1) is 0 Å². The standard InChI is InChI=1S/C22H26N2O2/c1-26-22(18-9-3-2-4-10-18)12-15-24(16-13-22)21(25)19-11-5-7-17-8-6-14-23-20(17)19/h2-5,7,9-11,23H,6,8,12-16H2,1H3. The summed E-state index contributed by atoms with van der Waals surface area (Å²) in [4.78, 5) is 15.1. The lowest BCUT2D eigenvalue weighted by Crippen LogP contribution is -2.46. The molecular formula is C22H26N2O2. The Bertz CT molecular complexity index is 780. The van der Waals surface area contributed by atoms with Gasteiger partial charge in [0.2, 0.25) is 0 Å². The zero-order valence-corrected chi connectivity index (χ0v) is 15.3. The second-order valence-corrected chi connectivity index (χ2v) is 7.23. The van der Waals surface area contributed by atoms with Gasteiger partial charge in [0, 0.05) is 26.7 Å². The summed E-state index contributed by atoms with van der Waals surface area (Å²) < 4.78 is 5.94. The Balaban J connectivity index is 1.52. The van der Waals surface area contributed by atoms with Gasteiger partial charge in [0.15, 0.2) is 0 Å². The van der Waals surface area contributed by atoms with Crippen molar-refractivity contribution in [2.45, 2.75) is 31.3 Å². The maximum Gasteiger partial charge on any atom is 0.255 e. The van der Waals surface area contributed by atoms with Gasteiger partial charge in [-0.25, -0.2) is 0 Å². The molecule has 2 heterocycles. The minimum atomic E-state index is -0.285. The summed E-state index contributed by atoms with van der Waals surface area (Å²) in [5.74, 6) is 0.133. The van der Waals surface area contributed by atoms with E-state index >= 15 is 0 Å². The molecule has 0 unspecified atom stereocenters. The number of likely N-dealkylation sites (tertiary alicyclic amines) is 1. The number of anilines is 1. The van der Waals surface area contributed by atoms with Gasteiger partial charge >= 0.3 is 0 Å². The molecular weight excluding hydrogens is 324 g/mol. The topological polar surface area (TPSA) is 41.6 Å². The van der Waals surface area contributed by atoms with Crippen molar-refractivity contribution < 1.29 is 9.53 Å². The van der Waals surface area contributed by atoms with E-state index in [1.54, 1.807) is 7.11 Å². The number of carbonyl (C=O) groups excluding carboxylic acids is 1. The molecule has 0 bridgehead atoms. The van der Waals surface area contributed by atoms with Crippen LogP contribution in [0.1, 0.15) is 40.7 Å². The highest BCUT2D eigenvalue weighted by atomic mass is 16.5. The molecule has 2 aliphatic rings. The molecule has 1 amide bonds. The van der Waals surface area contributed by atoms with Crippen LogP contribution in [0.25, 0.3) is 0 Å². The number of aryl methyl sites for hydroxylation is 1. The predicted molar refractivity (Wildman–Crippen MR) is 104 cm³/mol. The average molecular weight is 350 g/mol. The Labute approximate surface area is 155 Å². The van der Waals surface area contributed by atoms with Crippen LogP contribution < -0.4 is 5.32 Å². The molecule has 0 atom stereocenters. The molecule has 136 valence electrons. The van der Waals surface area contributed by atoms with Gasteiger partial charge in [-0.15, -0.1) is 0 Å². The van der Waals surface area contributed by atoms with Crippen molar-refractivity contribution in [2.75, 3.05) is 32.1 Å². The molecule has 2 aliphatic heterocycles. The molecule has 0 saturated carbocycles. The van der Waals surface area contributed by atoms with Gasteiger partial charge < -0.3 is 15.0 Å². The molecule has 4 rings (SSSR count). The third kappa shape index (κ3) is 2.99. The van der Waals surface area contributed by atoms with Crippen LogP contribution in [0.4, 0.5) is 5.69 Å². The molecule has 0 aliphatic carbocycles. The summed E-state index contributed by atoms with van der Waals surface area (Å²) in [6, 6.07) is 16.5. The maximum absolute atomic E-state index is 13.2. The summed E-state index contributed by atoms with van der Waals surface area (Å²) in [5.41, 5.74) is 4.03. The van der Waals surface area contributed by atoms with E-state index in [4.69, 9.17) is 4.74 Å². The molecule has 2 aromatic carbocycles. The Morgan fingerprint density at radius 1 is 1.08 bits per heavy atom. The molecule has 1 saturated heterocycles. The second kappa shape index (κ2) is 7.12. The number of hydrogen-bond acceptors (Lipinski definition) is 3. The van der Waals surface area contributed by atoms with E-state index in [9.17, 15) is 4.79 Å². The zero-order chi connectivity index (χ0) is 18.0. The van der Waals surface area contributed by atoms with Gasteiger partial charge in [-0.2, -0.15) is 0 Å². The van der Waals surface area contributed by atoms with Crippen LogP contribution in [0.15, 0.2) is 48.5 Å². The number of nitrogens with zero attached hydrogens (tertiary/aromatic N) is 1. The lowest BCUT2D eigenvalue weighted by molar-refractivity contribution is -0.0574. The number of ether oxygens (including phenoxy) is 1. The van der Waals surface area contributed by atoms with Crippen LogP contribution >= 0.6 is 0 Å². The Morgan fingerprint density at radius 3 is 2.58 bits per heavy atom. The minimum Gasteiger partial charge on any atom is -0.384 e. The number of piperidine rings is 1. The number of amides is 1. The summed E-state index contributed by atoms with van der Waals surface area (Å²) in [6.07, 6.45) is 3.81. The van der Waals surface area contributed by atoms with Gasteiger partial charge in [-0.1, -0.05) is 42.5 Å². The van der Waals surface area contributed by atoms with Gasteiger partial charge in [0.25, 0.3) is 5.91 Å². The third-order valence-electron chi connectivity index (χ3n) is 5.85. The van der Waals surface area contributed by atoms with Crippen molar-refractivity contribution in [3.05, 3.63) is 65.2 Å². The summed E-state index contributed by atoms with van der Waals surface area (Å²) in [7, 11) is 1.78. The van der Waals surface area contributed by atoms with Gasteiger partial charge in [-0.05, 0) is 42.9 Å². The average Bonchev–Trinajstić information content (AvgIpc) is 2.73. The number of benzene rings is 2. The number of rotatable bonds is 3. The first kappa shape index (κ1) is 17.1. The van der Waals surface area contributed by atoms with Crippen molar-refractivity contribution >= 4 is 11.6 Å². The fourth-order valence-corrected chi connectivity index (χ4v) is 4.28. The number of hydrogen-bond donors (Lipinski definition) is 1. The number of nitrogens with one attached hydrogen (secondary N) is 1. The normalized spacial score (nSPS) is 18.7. The summed E-state index contributed by atoms with van der Waals surface area (Å²) in [5, 5.41) is 3.43. The van der Waals surface area contributed by atoms with Crippen molar-refractivity contribution in [1.82, 2.24) is 4.90 Å². The van der Waals surface area contributed by atoms with E-state index in [-0.39, 0.29) is 11.5 Å². The highest BCUT2D eigenvalue weighted by Crippen LogP contribution is 2.37. The zero-order valence-electron chi connectivity index (χ0n) is 15.3. The van der Waals surface area contributed by atoms with Crippen molar-refractivity contribution in [2.24, 2.45) is 0 Å². The van der Waals surface area contributed by atoms with Gasteiger partial charge in [-0.3, -0.25) is 4.79 Å². The first-order valence-electron chi connectivity index (χ1n) is 9.49. The minimum absolute atomic E-state index is 0.133. The van der Waals surface area contributed by atoms with Crippen molar-refractivity contribution in [3.8, 4) is 0 Å². The lowest BCUT2D eigenvalue weighted by atomic mass is 9.84. The Morgan fingerprint density at radius 2 is 1.85 bits per heavy atom. The van der Waals surface area contributed by atoms with Crippen molar-refractivity contribution in [1.29, 1.82) is 0 Å². The SMILES string of the molecule is COC1(c2ccccc2)CCN(C(=O)c2cccc3c2NCCC3)CC1. The van der Waals surface area contributed by atoms with E-state index < -0.39 is 0 Å². The fourth-order valence-electron chi connectivity index (χ4n) is 4.28. The molecule has 0 aromatic heterocycles. The smallest absolute Gasteiger partial charge is 0.255 e. The Hall–Kier alpha value is -2.33. The molecule has 4 heteroatoms. The van der Waals surface area contributed by atoms with Crippen LogP contribution in [0.5, 0.6) is 0 Å². The maximum atomic E-state index is 13.2. The monoisotopic (exact) mass is 350 g/mol. The molecule has 2 aromatic rings. The van der Waals surface area contributed by atoms with Crippen LogP contribution in [-0.2, 0) is 16.8 Å². The highest BCUT2D eigenvalue weighted by Gasteiger charge is 2.38. The third-order valence-corrected chi connectivity index (χ3v) is 5.85. The Kier molecular flexibility index (Phi) is 4.68. The van der Waals surface area contributed by atoms with E-state index in [2.05, 4.69) is 35.6 Å². The van der Waals surface area contributed by atoms with E-state index in [1.165, 1.54) is 11.1 Å².